The first-order chi connectivity index (χ1) is 11.4. The number of nitrogens with one attached hydrogen (secondary N) is 1. The van der Waals surface area contributed by atoms with Crippen LogP contribution in [0.4, 0.5) is 10.1 Å². The number of nitrogens with zero attached hydrogens (tertiary/aromatic N) is 2. The lowest BCUT2D eigenvalue weighted by Crippen LogP contribution is -2.04. The Kier molecular flexibility index (Phi) is 3.20. The molecule has 1 aliphatic rings. The lowest BCUT2D eigenvalue weighted by atomic mass is 10.1. The normalized spacial score (nSPS) is 13.6. The number of carbonyl (C=O) groups excluding carboxylic acids is 1. The second kappa shape index (κ2) is 5.16. The van der Waals surface area contributed by atoms with E-state index in [9.17, 15) is 9.18 Å². The van der Waals surface area contributed by atoms with Gasteiger partial charge in [-0.1, -0.05) is 13.8 Å². The molecule has 0 radical (unpaired) electrons. The van der Waals surface area contributed by atoms with Crippen molar-refractivity contribution in [3.05, 3.63) is 53.1 Å². The highest BCUT2D eigenvalue weighted by Gasteiger charge is 2.22. The van der Waals surface area contributed by atoms with Crippen molar-refractivity contribution in [2.45, 2.75) is 33.1 Å². The van der Waals surface area contributed by atoms with Gasteiger partial charge in [-0.25, -0.2) is 9.37 Å². The van der Waals surface area contributed by atoms with Crippen molar-refractivity contribution in [1.82, 2.24) is 9.55 Å². The smallest absolute Gasteiger partial charge is 0.228 e. The maximum Gasteiger partial charge on any atom is 0.228 e. The molecule has 0 aliphatic carbocycles. The van der Waals surface area contributed by atoms with Crippen molar-refractivity contribution in [3.8, 4) is 5.69 Å². The molecule has 1 aromatic carbocycles. The van der Waals surface area contributed by atoms with Crippen LogP contribution in [0, 0.1) is 12.7 Å². The first kappa shape index (κ1) is 14.9. The Balaban J connectivity index is 2.00. The Bertz CT molecular complexity index is 988. The van der Waals surface area contributed by atoms with E-state index in [1.165, 1.54) is 12.3 Å². The highest BCUT2D eigenvalue weighted by atomic mass is 19.1. The summed E-state index contributed by atoms with van der Waals surface area (Å²) in [6, 6.07) is 7.56. The van der Waals surface area contributed by atoms with Crippen LogP contribution in [-0.2, 0) is 11.2 Å². The maximum absolute atomic E-state index is 13.6. The molecule has 0 atom stereocenters. The van der Waals surface area contributed by atoms with E-state index in [-0.39, 0.29) is 17.6 Å². The Morgan fingerprint density at radius 2 is 2.04 bits per heavy atom. The van der Waals surface area contributed by atoms with Crippen molar-refractivity contribution < 1.29 is 9.18 Å². The number of carbonyl (C=O) groups is 1. The van der Waals surface area contributed by atoms with E-state index in [0.717, 1.165) is 39.2 Å². The summed E-state index contributed by atoms with van der Waals surface area (Å²) in [7, 11) is 0. The first-order valence-corrected chi connectivity index (χ1v) is 8.04. The highest BCUT2D eigenvalue weighted by Crippen LogP contribution is 2.33. The van der Waals surface area contributed by atoms with Crippen molar-refractivity contribution in [2.24, 2.45) is 0 Å². The van der Waals surface area contributed by atoms with Gasteiger partial charge in [0, 0.05) is 22.5 Å². The number of benzene rings is 1. The molecule has 3 heterocycles. The molecule has 0 spiro atoms. The number of fused-ring (bicyclic) bond motifs is 2. The fraction of sp³-hybridized carbons (Fsp3) is 0.263. The van der Waals surface area contributed by atoms with Gasteiger partial charge in [-0.2, -0.15) is 0 Å². The molecule has 4 rings (SSSR count). The van der Waals surface area contributed by atoms with Crippen molar-refractivity contribution in [1.29, 1.82) is 0 Å². The van der Waals surface area contributed by atoms with Crippen LogP contribution in [0.2, 0.25) is 0 Å². The van der Waals surface area contributed by atoms with Crippen LogP contribution in [0.1, 0.15) is 36.6 Å². The van der Waals surface area contributed by atoms with Crippen LogP contribution >= 0.6 is 0 Å². The van der Waals surface area contributed by atoms with Gasteiger partial charge in [0.25, 0.3) is 0 Å². The van der Waals surface area contributed by atoms with Gasteiger partial charge in [-0.15, -0.1) is 0 Å². The van der Waals surface area contributed by atoms with Crippen LogP contribution in [0.5, 0.6) is 0 Å². The molecular weight excluding hydrogens is 305 g/mol. The fourth-order valence-electron chi connectivity index (χ4n) is 3.43. The Morgan fingerprint density at radius 1 is 1.25 bits per heavy atom. The van der Waals surface area contributed by atoms with Crippen molar-refractivity contribution >= 4 is 22.6 Å². The summed E-state index contributed by atoms with van der Waals surface area (Å²) in [5.41, 5.74) is 5.68. The van der Waals surface area contributed by atoms with E-state index < -0.39 is 0 Å². The molecule has 2 aromatic heterocycles. The number of amides is 1. The quantitative estimate of drug-likeness (QED) is 0.772. The van der Waals surface area contributed by atoms with Gasteiger partial charge in [0.1, 0.15) is 11.5 Å². The molecule has 0 bridgehead atoms. The summed E-state index contributed by atoms with van der Waals surface area (Å²) < 4.78 is 15.6. The minimum absolute atomic E-state index is 0.0203. The summed E-state index contributed by atoms with van der Waals surface area (Å²) in [6.45, 7) is 6.19. The average Bonchev–Trinajstić information content (AvgIpc) is 3.06. The molecule has 0 saturated carbocycles. The van der Waals surface area contributed by atoms with Crippen LogP contribution in [-0.4, -0.2) is 15.5 Å². The molecule has 0 saturated heterocycles. The second-order valence-corrected chi connectivity index (χ2v) is 6.65. The van der Waals surface area contributed by atoms with Crippen LogP contribution < -0.4 is 5.32 Å². The standard InChI is InChI=1S/C19H18FN3O/c1-10(2)16-7-13-5-14(20)9-21-19(13)23(16)15-4-11(3)18-12(6-15)8-17(24)22-18/h4-7,9-10H,8H2,1-3H3,(H,22,24). The van der Waals surface area contributed by atoms with Gasteiger partial charge in [-0.3, -0.25) is 9.36 Å². The third-order valence-electron chi connectivity index (χ3n) is 4.50. The predicted octanol–water partition coefficient (Wildman–Crippen LogP) is 4.09. The molecule has 3 aromatic rings. The predicted molar refractivity (Wildman–Crippen MR) is 92.2 cm³/mol. The largest absolute Gasteiger partial charge is 0.325 e. The summed E-state index contributed by atoms with van der Waals surface area (Å²) >= 11 is 0. The SMILES string of the molecule is Cc1cc(-n2c(C(C)C)cc3cc(F)cnc32)cc2c1NC(=O)C2. The number of aryl methyl sites for hydroxylation is 1. The van der Waals surface area contributed by atoms with E-state index in [1.54, 1.807) is 0 Å². The Labute approximate surface area is 139 Å². The average molecular weight is 323 g/mol. The summed E-state index contributed by atoms with van der Waals surface area (Å²) in [5, 5.41) is 3.69. The molecule has 0 fully saturated rings. The van der Waals surface area contributed by atoms with Gasteiger partial charge in [0.05, 0.1) is 12.6 Å². The minimum atomic E-state index is -0.338. The highest BCUT2D eigenvalue weighted by molar-refractivity contribution is 6.00. The van der Waals surface area contributed by atoms with Crippen LogP contribution in [0.15, 0.2) is 30.5 Å². The molecule has 1 N–H and O–H groups in total. The zero-order valence-corrected chi connectivity index (χ0v) is 13.9. The van der Waals surface area contributed by atoms with Gasteiger partial charge in [0.2, 0.25) is 5.91 Å². The zero-order valence-electron chi connectivity index (χ0n) is 13.9. The van der Waals surface area contributed by atoms with Gasteiger partial charge in [-0.05, 0) is 48.2 Å². The number of halogens is 1. The molecular formula is C19H18FN3O. The van der Waals surface area contributed by atoms with Gasteiger partial charge < -0.3 is 5.32 Å². The third-order valence-corrected chi connectivity index (χ3v) is 4.50. The van der Waals surface area contributed by atoms with Gasteiger partial charge in [0.15, 0.2) is 0 Å². The number of anilines is 1. The molecule has 24 heavy (non-hydrogen) atoms. The number of aromatic nitrogens is 2. The first-order valence-electron chi connectivity index (χ1n) is 8.04. The van der Waals surface area contributed by atoms with Crippen molar-refractivity contribution in [2.75, 3.05) is 5.32 Å². The van der Waals surface area contributed by atoms with E-state index in [1.807, 2.05) is 25.1 Å². The van der Waals surface area contributed by atoms with E-state index in [0.29, 0.717) is 6.42 Å². The Morgan fingerprint density at radius 3 is 2.79 bits per heavy atom. The van der Waals surface area contributed by atoms with E-state index in [4.69, 9.17) is 0 Å². The van der Waals surface area contributed by atoms with Crippen LogP contribution in [0.3, 0.4) is 0 Å². The number of pyridine rings is 1. The molecule has 1 aliphatic heterocycles. The molecule has 5 heteroatoms. The summed E-state index contributed by atoms with van der Waals surface area (Å²) in [6.07, 6.45) is 1.64. The van der Waals surface area contributed by atoms with Crippen LogP contribution in [0.25, 0.3) is 16.7 Å². The summed E-state index contributed by atoms with van der Waals surface area (Å²) in [5.74, 6) is -0.0580. The topological polar surface area (TPSA) is 46.9 Å². The zero-order chi connectivity index (χ0) is 17.0. The monoisotopic (exact) mass is 323 g/mol. The van der Waals surface area contributed by atoms with E-state index in [2.05, 4.69) is 28.7 Å². The number of hydrogen-bond donors (Lipinski definition) is 1. The minimum Gasteiger partial charge on any atom is -0.325 e. The lowest BCUT2D eigenvalue weighted by molar-refractivity contribution is -0.115. The third kappa shape index (κ3) is 2.19. The van der Waals surface area contributed by atoms with Crippen molar-refractivity contribution in [3.63, 3.8) is 0 Å². The molecule has 0 unspecified atom stereocenters. The fourth-order valence-corrected chi connectivity index (χ4v) is 3.43. The number of rotatable bonds is 2. The molecule has 1 amide bonds. The molecule has 4 nitrogen and oxygen atoms in total. The Hall–Kier alpha value is -2.69. The number of hydrogen-bond acceptors (Lipinski definition) is 2. The molecule has 122 valence electrons. The summed E-state index contributed by atoms with van der Waals surface area (Å²) in [4.78, 5) is 16.0. The maximum atomic E-state index is 13.6. The van der Waals surface area contributed by atoms with E-state index >= 15 is 0 Å². The van der Waals surface area contributed by atoms with Gasteiger partial charge >= 0.3 is 0 Å². The second-order valence-electron chi connectivity index (χ2n) is 6.65. The lowest BCUT2D eigenvalue weighted by Gasteiger charge is -2.15.